The van der Waals surface area contributed by atoms with E-state index in [4.69, 9.17) is 10.5 Å². The zero-order valence-corrected chi connectivity index (χ0v) is 9.19. The van der Waals surface area contributed by atoms with Crippen LogP contribution in [0.5, 0.6) is 0 Å². The third-order valence-electron chi connectivity index (χ3n) is 2.82. The highest BCUT2D eigenvalue weighted by atomic mass is 19.1. The summed E-state index contributed by atoms with van der Waals surface area (Å²) in [6.07, 6.45) is 2.85. The summed E-state index contributed by atoms with van der Waals surface area (Å²) in [6, 6.07) is 0.248. The van der Waals surface area contributed by atoms with E-state index < -0.39 is 5.82 Å². The smallest absolute Gasteiger partial charge is 0.222 e. The minimum Gasteiger partial charge on any atom is -0.381 e. The Balaban J connectivity index is 2.18. The summed E-state index contributed by atoms with van der Waals surface area (Å²) in [6.45, 7) is 1.41. The van der Waals surface area contributed by atoms with E-state index in [9.17, 15) is 4.39 Å². The SMILES string of the molecule is CN(c1nc(N)ncc1F)C1CCOCC1. The molecule has 0 radical (unpaired) electrons. The molecule has 0 aromatic carbocycles. The predicted octanol–water partition coefficient (Wildman–Crippen LogP) is 0.813. The number of rotatable bonds is 2. The van der Waals surface area contributed by atoms with Crippen LogP contribution in [0, 0.1) is 5.82 Å². The quantitative estimate of drug-likeness (QED) is 0.808. The molecular formula is C10H15FN4O. The van der Waals surface area contributed by atoms with Gasteiger partial charge in [0.15, 0.2) is 11.6 Å². The van der Waals surface area contributed by atoms with Crippen LogP contribution < -0.4 is 10.6 Å². The molecule has 0 atom stereocenters. The van der Waals surface area contributed by atoms with Gasteiger partial charge in [-0.25, -0.2) is 9.37 Å². The van der Waals surface area contributed by atoms with Crippen molar-refractivity contribution in [2.45, 2.75) is 18.9 Å². The van der Waals surface area contributed by atoms with Crippen molar-refractivity contribution in [3.8, 4) is 0 Å². The van der Waals surface area contributed by atoms with Gasteiger partial charge in [-0.05, 0) is 12.8 Å². The molecule has 0 saturated carbocycles. The first-order valence-corrected chi connectivity index (χ1v) is 5.27. The van der Waals surface area contributed by atoms with Crippen molar-refractivity contribution in [2.24, 2.45) is 0 Å². The first-order chi connectivity index (χ1) is 7.68. The highest BCUT2D eigenvalue weighted by Gasteiger charge is 2.22. The Morgan fingerprint density at radius 1 is 1.50 bits per heavy atom. The third-order valence-corrected chi connectivity index (χ3v) is 2.82. The summed E-state index contributed by atoms with van der Waals surface area (Å²) >= 11 is 0. The number of nitrogens with two attached hydrogens (primary N) is 1. The van der Waals surface area contributed by atoms with Gasteiger partial charge in [0.25, 0.3) is 0 Å². The summed E-state index contributed by atoms with van der Waals surface area (Å²) in [7, 11) is 1.82. The zero-order valence-electron chi connectivity index (χ0n) is 9.19. The summed E-state index contributed by atoms with van der Waals surface area (Å²) in [5.74, 6) is -0.0853. The summed E-state index contributed by atoms with van der Waals surface area (Å²) in [5, 5.41) is 0. The van der Waals surface area contributed by atoms with Crippen LogP contribution in [0.15, 0.2) is 6.20 Å². The Labute approximate surface area is 93.4 Å². The number of hydrogen-bond acceptors (Lipinski definition) is 5. The van der Waals surface area contributed by atoms with Gasteiger partial charge in [-0.2, -0.15) is 4.98 Å². The van der Waals surface area contributed by atoms with Crippen LogP contribution in [0.2, 0.25) is 0 Å². The van der Waals surface area contributed by atoms with Crippen LogP contribution in [0.4, 0.5) is 16.2 Å². The van der Waals surface area contributed by atoms with Crippen molar-refractivity contribution in [1.82, 2.24) is 9.97 Å². The van der Waals surface area contributed by atoms with Crippen LogP contribution >= 0.6 is 0 Å². The third kappa shape index (κ3) is 2.21. The van der Waals surface area contributed by atoms with Crippen molar-refractivity contribution < 1.29 is 9.13 Å². The molecule has 1 fully saturated rings. The van der Waals surface area contributed by atoms with E-state index in [1.165, 1.54) is 0 Å². The lowest BCUT2D eigenvalue weighted by Gasteiger charge is -2.32. The standard InChI is InChI=1S/C10H15FN4O/c1-15(7-2-4-16-5-3-7)9-8(11)6-13-10(12)14-9/h6-7H,2-5H2,1H3,(H2,12,13,14). The summed E-state index contributed by atoms with van der Waals surface area (Å²) in [4.78, 5) is 9.35. The number of nitrogens with zero attached hydrogens (tertiary/aromatic N) is 3. The lowest BCUT2D eigenvalue weighted by molar-refractivity contribution is 0.0852. The van der Waals surface area contributed by atoms with Gasteiger partial charge in [-0.3, -0.25) is 0 Å². The Kier molecular flexibility index (Phi) is 3.19. The summed E-state index contributed by atoms with van der Waals surface area (Å²) in [5.41, 5.74) is 5.45. The van der Waals surface area contributed by atoms with Gasteiger partial charge >= 0.3 is 0 Å². The second-order valence-corrected chi connectivity index (χ2v) is 3.85. The van der Waals surface area contributed by atoms with E-state index >= 15 is 0 Å². The van der Waals surface area contributed by atoms with Gasteiger partial charge in [0.2, 0.25) is 5.95 Å². The van der Waals surface area contributed by atoms with E-state index in [1.807, 2.05) is 11.9 Å². The molecule has 6 heteroatoms. The maximum atomic E-state index is 13.5. The molecule has 1 aliphatic rings. The van der Waals surface area contributed by atoms with Crippen LogP contribution in [0.3, 0.4) is 0 Å². The van der Waals surface area contributed by atoms with E-state index in [2.05, 4.69) is 9.97 Å². The highest BCUT2D eigenvalue weighted by Crippen LogP contribution is 2.21. The monoisotopic (exact) mass is 226 g/mol. The number of nitrogen functional groups attached to an aromatic ring is 1. The minimum atomic E-state index is -0.441. The predicted molar refractivity (Wildman–Crippen MR) is 58.6 cm³/mol. The van der Waals surface area contributed by atoms with Crippen LogP contribution in [-0.4, -0.2) is 36.3 Å². The van der Waals surface area contributed by atoms with Gasteiger partial charge in [0, 0.05) is 26.3 Å². The number of halogens is 1. The molecule has 0 amide bonds. The second kappa shape index (κ2) is 4.61. The van der Waals surface area contributed by atoms with Gasteiger partial charge < -0.3 is 15.4 Å². The molecule has 0 aliphatic carbocycles. The number of ether oxygens (including phenoxy) is 1. The largest absolute Gasteiger partial charge is 0.381 e. The van der Waals surface area contributed by atoms with E-state index in [0.29, 0.717) is 13.2 Å². The molecule has 2 N–H and O–H groups in total. The number of hydrogen-bond donors (Lipinski definition) is 1. The van der Waals surface area contributed by atoms with Crippen LogP contribution in [-0.2, 0) is 4.74 Å². The molecule has 0 bridgehead atoms. The molecule has 16 heavy (non-hydrogen) atoms. The van der Waals surface area contributed by atoms with Gasteiger partial charge in [0.05, 0.1) is 6.20 Å². The molecule has 2 heterocycles. The van der Waals surface area contributed by atoms with Gasteiger partial charge in [0.1, 0.15) is 0 Å². The van der Waals surface area contributed by atoms with Crippen molar-refractivity contribution in [3.63, 3.8) is 0 Å². The fourth-order valence-corrected chi connectivity index (χ4v) is 1.86. The minimum absolute atomic E-state index is 0.0929. The second-order valence-electron chi connectivity index (χ2n) is 3.85. The van der Waals surface area contributed by atoms with E-state index in [1.54, 1.807) is 0 Å². The Morgan fingerprint density at radius 2 is 2.19 bits per heavy atom. The molecule has 1 saturated heterocycles. The molecule has 2 rings (SSSR count). The van der Waals surface area contributed by atoms with Crippen molar-refractivity contribution >= 4 is 11.8 Å². The lowest BCUT2D eigenvalue weighted by atomic mass is 10.1. The average Bonchev–Trinajstić information content (AvgIpc) is 2.32. The maximum absolute atomic E-state index is 13.5. The van der Waals surface area contributed by atoms with Crippen molar-refractivity contribution in [1.29, 1.82) is 0 Å². The van der Waals surface area contributed by atoms with Crippen molar-refractivity contribution in [2.75, 3.05) is 30.9 Å². The molecular weight excluding hydrogens is 211 g/mol. The van der Waals surface area contributed by atoms with Crippen LogP contribution in [0.25, 0.3) is 0 Å². The van der Waals surface area contributed by atoms with Gasteiger partial charge in [-0.15, -0.1) is 0 Å². The van der Waals surface area contributed by atoms with E-state index in [-0.39, 0.29) is 17.8 Å². The Bertz CT molecular complexity index is 368. The number of aromatic nitrogens is 2. The Hall–Kier alpha value is -1.43. The van der Waals surface area contributed by atoms with Gasteiger partial charge in [-0.1, -0.05) is 0 Å². The molecule has 0 spiro atoms. The Morgan fingerprint density at radius 3 is 2.88 bits per heavy atom. The molecule has 88 valence electrons. The fraction of sp³-hybridized carbons (Fsp3) is 0.600. The first-order valence-electron chi connectivity index (χ1n) is 5.27. The zero-order chi connectivity index (χ0) is 11.5. The van der Waals surface area contributed by atoms with E-state index in [0.717, 1.165) is 19.0 Å². The van der Waals surface area contributed by atoms with Crippen molar-refractivity contribution in [3.05, 3.63) is 12.0 Å². The highest BCUT2D eigenvalue weighted by molar-refractivity contribution is 5.42. The molecule has 1 aliphatic heterocycles. The maximum Gasteiger partial charge on any atom is 0.222 e. The molecule has 1 aromatic heterocycles. The molecule has 5 nitrogen and oxygen atoms in total. The lowest BCUT2D eigenvalue weighted by Crippen LogP contribution is -2.37. The number of anilines is 2. The fourth-order valence-electron chi connectivity index (χ4n) is 1.86. The molecule has 1 aromatic rings. The average molecular weight is 226 g/mol. The summed E-state index contributed by atoms with van der Waals surface area (Å²) < 4.78 is 18.8. The topological polar surface area (TPSA) is 64.3 Å². The normalized spacial score (nSPS) is 17.4. The first kappa shape index (κ1) is 11.1. The molecule has 0 unspecified atom stereocenters. The van der Waals surface area contributed by atoms with Crippen LogP contribution in [0.1, 0.15) is 12.8 Å².